The number of ether oxygens (including phenoxy) is 1. The Labute approximate surface area is 398 Å². The Morgan fingerprint density at radius 1 is 0.507 bits per heavy atom. The Hall–Kier alpha value is -6.53. The summed E-state index contributed by atoms with van der Waals surface area (Å²) in [5.41, 5.74) is 14.7. The zero-order valence-electron chi connectivity index (χ0n) is 42.3. The summed E-state index contributed by atoms with van der Waals surface area (Å²) < 4.78 is 13.4. The third-order valence-corrected chi connectivity index (χ3v) is 13.2. The summed E-state index contributed by atoms with van der Waals surface area (Å²) in [5, 5.41) is 2.31. The maximum atomic E-state index is 6.75. The minimum absolute atomic E-state index is 0.0210. The fourth-order valence-electron chi connectivity index (χ4n) is 9.19. The van der Waals surface area contributed by atoms with Crippen LogP contribution in [0.2, 0.25) is 0 Å². The van der Waals surface area contributed by atoms with Crippen LogP contribution in [0.5, 0.6) is 11.5 Å². The molecule has 0 bridgehead atoms. The molecule has 0 N–H and O–H groups in total. The number of para-hydroxylation sites is 3. The van der Waals surface area contributed by atoms with E-state index in [2.05, 4.69) is 233 Å². The predicted octanol–water partition coefficient (Wildman–Crippen LogP) is 15.5. The van der Waals surface area contributed by atoms with Gasteiger partial charge in [0.05, 0.1) is 39.6 Å². The molecule has 0 spiro atoms. The number of pyridine rings is 2. The average Bonchev–Trinajstić information content (AvgIpc) is 3.80. The minimum Gasteiger partial charge on any atom is -0.456 e. The summed E-state index contributed by atoms with van der Waals surface area (Å²) in [7, 11) is 0. The Morgan fingerprint density at radius 3 is 1.78 bits per heavy atom. The van der Waals surface area contributed by atoms with Crippen LogP contribution < -0.4 is 9.30 Å². The third kappa shape index (κ3) is 8.68. The van der Waals surface area contributed by atoms with Crippen molar-refractivity contribution in [2.45, 2.75) is 131 Å². The second-order valence-corrected chi connectivity index (χ2v) is 23.6. The second-order valence-electron chi connectivity index (χ2n) is 23.6. The number of nitrogens with zero attached hydrogens (tertiary/aromatic N) is 5. The van der Waals surface area contributed by atoms with Crippen LogP contribution in [0.4, 0.5) is 0 Å². The Bertz CT molecular complexity index is 3310. The summed E-state index contributed by atoms with van der Waals surface area (Å²) in [4.78, 5) is 9.66. The summed E-state index contributed by atoms with van der Waals surface area (Å²) in [6, 6.07) is 41.9. The van der Waals surface area contributed by atoms with Crippen molar-refractivity contribution in [2.24, 2.45) is 0 Å². The smallest absolute Gasteiger partial charge is 0.269 e. The molecule has 6 nitrogen and oxygen atoms in total. The van der Waals surface area contributed by atoms with Gasteiger partial charge in [0.25, 0.3) is 6.33 Å². The van der Waals surface area contributed by atoms with Crippen molar-refractivity contribution in [3.8, 4) is 39.8 Å². The molecule has 0 atom stereocenters. The molecule has 5 aromatic carbocycles. The van der Waals surface area contributed by atoms with E-state index in [4.69, 9.17) is 14.7 Å². The second kappa shape index (κ2) is 16.1. The fraction of sp³-hybridized carbons (Fsp3) is 0.328. The first-order chi connectivity index (χ1) is 31.4. The molecule has 9 aromatic rings. The van der Waals surface area contributed by atoms with E-state index in [0.29, 0.717) is 11.5 Å². The van der Waals surface area contributed by atoms with Crippen molar-refractivity contribution >= 4 is 32.8 Å². The van der Waals surface area contributed by atoms with E-state index >= 15 is 0 Å². The predicted molar refractivity (Wildman–Crippen MR) is 279 cm³/mol. The molecule has 0 unspecified atom stereocenters. The lowest BCUT2D eigenvalue weighted by Crippen LogP contribution is -2.33. The number of imidazole rings is 1. The van der Waals surface area contributed by atoms with Gasteiger partial charge in [0, 0.05) is 29.2 Å². The zero-order valence-corrected chi connectivity index (χ0v) is 42.3. The SMILES string of the molecule is CC(C)(C)c1cc(-c2c(-[n+]3[c-]n(-c4cncc(Oc5ccc6c7ccccc7n(-c7cc(C(C)(C)C)ccn7)c6c5)c4)c4ccccc43)cc(C(C)(C)C)cc2C(C)(C)C)cc(C(C)(C)C)c1. The molecule has 0 aliphatic rings. The Morgan fingerprint density at radius 2 is 1.12 bits per heavy atom. The van der Waals surface area contributed by atoms with Crippen molar-refractivity contribution < 1.29 is 9.30 Å². The maximum absolute atomic E-state index is 6.75. The summed E-state index contributed by atoms with van der Waals surface area (Å²) >= 11 is 0. The van der Waals surface area contributed by atoms with Gasteiger partial charge in [0.2, 0.25) is 0 Å². The zero-order chi connectivity index (χ0) is 48.0. The quantitative estimate of drug-likeness (QED) is 0.123. The van der Waals surface area contributed by atoms with Gasteiger partial charge in [-0.25, -0.2) is 4.98 Å². The topological polar surface area (TPSA) is 48.8 Å². The highest BCUT2D eigenvalue weighted by Crippen LogP contribution is 2.43. The van der Waals surface area contributed by atoms with Gasteiger partial charge in [-0.2, -0.15) is 0 Å². The molecule has 4 aromatic heterocycles. The standard InChI is InChI=1S/C61H67N5O/c1-57(2,3)40-26-27-63-55(33-40)66-50-21-17-16-20-47(50)48-25-24-45(35-53(48)66)67-46-34-44(36-62-37-46)64-38-65(52-23-19-18-22-51(52)64)54-32-43(60(10,11)12)31-49(61(13,14)15)56(54)39-28-41(58(4,5)6)30-42(29-39)59(7,8)9/h16-37H,1-15H3. The number of fused-ring (bicyclic) bond motifs is 4. The van der Waals surface area contributed by atoms with Crippen LogP contribution in [0.3, 0.4) is 0 Å². The van der Waals surface area contributed by atoms with E-state index in [0.717, 1.165) is 44.6 Å². The molecular weight excluding hydrogens is 819 g/mol. The van der Waals surface area contributed by atoms with Crippen LogP contribution in [-0.2, 0) is 27.1 Å². The van der Waals surface area contributed by atoms with Crippen molar-refractivity contribution in [3.05, 3.63) is 168 Å². The van der Waals surface area contributed by atoms with Crippen molar-refractivity contribution in [1.82, 2.24) is 19.1 Å². The lowest BCUT2D eigenvalue weighted by molar-refractivity contribution is -0.571. The van der Waals surface area contributed by atoms with Crippen LogP contribution in [0.1, 0.15) is 132 Å². The number of aromatic nitrogens is 5. The molecule has 0 radical (unpaired) electrons. The third-order valence-electron chi connectivity index (χ3n) is 13.2. The molecule has 9 rings (SSSR count). The maximum Gasteiger partial charge on any atom is 0.269 e. The van der Waals surface area contributed by atoms with Gasteiger partial charge in [0.15, 0.2) is 0 Å². The van der Waals surface area contributed by atoms with Crippen LogP contribution in [0, 0.1) is 6.33 Å². The molecule has 0 fully saturated rings. The van der Waals surface area contributed by atoms with E-state index in [-0.39, 0.29) is 27.1 Å². The fourth-order valence-corrected chi connectivity index (χ4v) is 9.19. The highest BCUT2D eigenvalue weighted by atomic mass is 16.5. The highest BCUT2D eigenvalue weighted by Gasteiger charge is 2.30. The van der Waals surface area contributed by atoms with E-state index in [1.165, 1.54) is 44.3 Å². The van der Waals surface area contributed by atoms with Crippen molar-refractivity contribution in [3.63, 3.8) is 0 Å². The molecule has 67 heavy (non-hydrogen) atoms. The molecule has 0 saturated heterocycles. The molecule has 4 heterocycles. The average molecular weight is 886 g/mol. The van der Waals surface area contributed by atoms with E-state index in [1.54, 1.807) is 6.20 Å². The van der Waals surface area contributed by atoms with Gasteiger partial charge in [-0.3, -0.25) is 18.7 Å². The molecule has 6 heteroatoms. The van der Waals surface area contributed by atoms with Gasteiger partial charge in [-0.15, -0.1) is 0 Å². The summed E-state index contributed by atoms with van der Waals surface area (Å²) in [6.07, 6.45) is 9.47. The molecule has 0 aliphatic heterocycles. The Kier molecular flexibility index (Phi) is 10.9. The first-order valence-corrected chi connectivity index (χ1v) is 23.8. The molecule has 0 saturated carbocycles. The number of hydrogen-bond acceptors (Lipinski definition) is 3. The molecule has 0 amide bonds. The number of hydrogen-bond donors (Lipinski definition) is 0. The molecular formula is C61H67N5O. The van der Waals surface area contributed by atoms with Crippen LogP contribution >= 0.6 is 0 Å². The van der Waals surface area contributed by atoms with E-state index in [9.17, 15) is 0 Å². The number of rotatable bonds is 6. The van der Waals surface area contributed by atoms with E-state index < -0.39 is 0 Å². The monoisotopic (exact) mass is 886 g/mol. The van der Waals surface area contributed by atoms with Gasteiger partial charge in [0.1, 0.15) is 17.3 Å². The largest absolute Gasteiger partial charge is 0.456 e. The minimum atomic E-state index is -0.163. The van der Waals surface area contributed by atoms with Crippen LogP contribution in [0.25, 0.3) is 61.2 Å². The number of benzene rings is 5. The van der Waals surface area contributed by atoms with E-state index in [1.807, 2.05) is 18.5 Å². The van der Waals surface area contributed by atoms with Crippen molar-refractivity contribution in [2.75, 3.05) is 0 Å². The van der Waals surface area contributed by atoms with Gasteiger partial charge < -0.3 is 4.74 Å². The van der Waals surface area contributed by atoms with Crippen molar-refractivity contribution in [1.29, 1.82) is 0 Å². The lowest BCUT2D eigenvalue weighted by Gasteiger charge is -2.32. The van der Waals surface area contributed by atoms with Gasteiger partial charge in [-0.1, -0.05) is 171 Å². The lowest BCUT2D eigenvalue weighted by atomic mass is 9.74. The first-order valence-electron chi connectivity index (χ1n) is 23.8. The Balaban J connectivity index is 1.21. The van der Waals surface area contributed by atoms with Gasteiger partial charge in [-0.05, 0) is 108 Å². The molecule has 342 valence electrons. The summed E-state index contributed by atoms with van der Waals surface area (Å²) in [6.45, 7) is 34.6. The van der Waals surface area contributed by atoms with Crippen LogP contribution in [-0.4, -0.2) is 19.1 Å². The highest BCUT2D eigenvalue weighted by molar-refractivity contribution is 6.09. The molecule has 0 aliphatic carbocycles. The normalized spacial score (nSPS) is 13.0. The summed E-state index contributed by atoms with van der Waals surface area (Å²) in [5.74, 6) is 2.22. The van der Waals surface area contributed by atoms with Crippen LogP contribution in [0.15, 0.2) is 134 Å². The van der Waals surface area contributed by atoms with Gasteiger partial charge >= 0.3 is 0 Å². The first kappa shape index (κ1) is 45.6.